The summed E-state index contributed by atoms with van der Waals surface area (Å²) in [6.07, 6.45) is 3.91. The van der Waals surface area contributed by atoms with Crippen molar-refractivity contribution in [1.82, 2.24) is 4.98 Å². The van der Waals surface area contributed by atoms with Crippen molar-refractivity contribution in [3.63, 3.8) is 0 Å². The first-order chi connectivity index (χ1) is 8.31. The fraction of sp³-hybridized carbons (Fsp3) is 0.538. The van der Waals surface area contributed by atoms with Crippen LogP contribution in [0, 0.1) is 24.2 Å². The van der Waals surface area contributed by atoms with Gasteiger partial charge in [-0.2, -0.15) is 5.26 Å². The average molecular weight is 231 g/mol. The van der Waals surface area contributed by atoms with Crippen LogP contribution in [-0.2, 0) is 4.74 Å². The number of nitriles is 1. The van der Waals surface area contributed by atoms with Crippen molar-refractivity contribution in [2.24, 2.45) is 5.92 Å². The maximum absolute atomic E-state index is 9.09. The number of aryl methyl sites for hydroxylation is 1. The third-order valence-corrected chi connectivity index (χ3v) is 3.17. The van der Waals surface area contributed by atoms with Crippen LogP contribution < -0.4 is 5.32 Å². The highest BCUT2D eigenvalue weighted by Gasteiger charge is 2.14. The molecule has 0 saturated carbocycles. The van der Waals surface area contributed by atoms with Crippen molar-refractivity contribution in [2.45, 2.75) is 19.8 Å². The molecule has 2 rings (SSSR count). The maximum Gasteiger partial charge on any atom is 0.144 e. The summed E-state index contributed by atoms with van der Waals surface area (Å²) < 4.78 is 5.32. The summed E-state index contributed by atoms with van der Waals surface area (Å²) in [6, 6.07) is 4.06. The second-order valence-corrected chi connectivity index (χ2v) is 4.40. The fourth-order valence-electron chi connectivity index (χ4n) is 2.02. The third-order valence-electron chi connectivity index (χ3n) is 3.17. The number of aromatic nitrogens is 1. The van der Waals surface area contributed by atoms with Crippen LogP contribution in [-0.4, -0.2) is 24.7 Å². The number of rotatable bonds is 3. The molecule has 0 aromatic carbocycles. The molecule has 1 aromatic rings. The number of hydrogen-bond donors (Lipinski definition) is 1. The molecule has 2 heterocycles. The number of nitrogens with zero attached hydrogens (tertiary/aromatic N) is 2. The number of pyridine rings is 1. The van der Waals surface area contributed by atoms with E-state index in [2.05, 4.69) is 16.4 Å². The van der Waals surface area contributed by atoms with Gasteiger partial charge in [0.05, 0.1) is 5.56 Å². The zero-order valence-corrected chi connectivity index (χ0v) is 10.1. The molecule has 1 aliphatic rings. The molecule has 1 N–H and O–H groups in total. The molecule has 4 nitrogen and oxygen atoms in total. The van der Waals surface area contributed by atoms with E-state index in [0.29, 0.717) is 17.3 Å². The molecule has 1 saturated heterocycles. The first-order valence-corrected chi connectivity index (χ1v) is 5.98. The molecule has 0 amide bonds. The first-order valence-electron chi connectivity index (χ1n) is 5.98. The first kappa shape index (κ1) is 11.9. The molecule has 4 heteroatoms. The van der Waals surface area contributed by atoms with Gasteiger partial charge in [0, 0.05) is 26.0 Å². The molecule has 0 unspecified atom stereocenters. The molecule has 1 fully saturated rings. The maximum atomic E-state index is 9.09. The lowest BCUT2D eigenvalue weighted by molar-refractivity contribution is 0.0699. The van der Waals surface area contributed by atoms with Crippen LogP contribution in [0.4, 0.5) is 5.82 Å². The molecule has 1 aromatic heterocycles. The van der Waals surface area contributed by atoms with Crippen molar-refractivity contribution >= 4 is 5.82 Å². The second-order valence-electron chi connectivity index (χ2n) is 4.40. The van der Waals surface area contributed by atoms with Crippen molar-refractivity contribution in [3.8, 4) is 6.07 Å². The van der Waals surface area contributed by atoms with Crippen LogP contribution >= 0.6 is 0 Å². The molecule has 1 aliphatic heterocycles. The predicted molar refractivity (Wildman–Crippen MR) is 65.7 cm³/mol. The van der Waals surface area contributed by atoms with Crippen molar-refractivity contribution in [3.05, 3.63) is 23.4 Å². The van der Waals surface area contributed by atoms with E-state index in [1.165, 1.54) is 0 Å². The topological polar surface area (TPSA) is 57.9 Å². The van der Waals surface area contributed by atoms with Gasteiger partial charge in [-0.15, -0.1) is 0 Å². The highest BCUT2D eigenvalue weighted by atomic mass is 16.5. The zero-order valence-electron chi connectivity index (χ0n) is 10.1. The summed E-state index contributed by atoms with van der Waals surface area (Å²) in [5, 5.41) is 12.4. The number of hydrogen-bond acceptors (Lipinski definition) is 4. The van der Waals surface area contributed by atoms with Gasteiger partial charge in [-0.05, 0) is 37.3 Å². The van der Waals surface area contributed by atoms with E-state index in [1.54, 1.807) is 6.20 Å². The Balaban J connectivity index is 1.99. The summed E-state index contributed by atoms with van der Waals surface area (Å²) >= 11 is 0. The quantitative estimate of drug-likeness (QED) is 0.865. The molecular formula is C13H17N3O. The molecule has 0 atom stereocenters. The normalized spacial score (nSPS) is 16.5. The van der Waals surface area contributed by atoms with Gasteiger partial charge in [0.2, 0.25) is 0 Å². The smallest absolute Gasteiger partial charge is 0.144 e. The lowest BCUT2D eigenvalue weighted by Crippen LogP contribution is -2.23. The monoisotopic (exact) mass is 231 g/mol. The van der Waals surface area contributed by atoms with Gasteiger partial charge in [0.15, 0.2) is 0 Å². The van der Waals surface area contributed by atoms with Gasteiger partial charge in [-0.25, -0.2) is 4.98 Å². The molecule has 0 spiro atoms. The zero-order chi connectivity index (χ0) is 12.1. The summed E-state index contributed by atoms with van der Waals surface area (Å²) in [6.45, 7) is 4.49. The molecule has 17 heavy (non-hydrogen) atoms. The Morgan fingerprint density at radius 3 is 3.00 bits per heavy atom. The number of ether oxygens (including phenoxy) is 1. The lowest BCUT2D eigenvalue weighted by atomic mass is 10.0. The summed E-state index contributed by atoms with van der Waals surface area (Å²) in [4.78, 5) is 4.23. The van der Waals surface area contributed by atoms with Crippen LogP contribution in [0.2, 0.25) is 0 Å². The van der Waals surface area contributed by atoms with Gasteiger partial charge < -0.3 is 10.1 Å². The molecule has 90 valence electrons. The van der Waals surface area contributed by atoms with E-state index in [-0.39, 0.29) is 0 Å². The van der Waals surface area contributed by atoms with Crippen molar-refractivity contribution < 1.29 is 4.74 Å². The minimum absolute atomic E-state index is 0.623. The van der Waals surface area contributed by atoms with E-state index in [0.717, 1.165) is 38.2 Å². The molecule has 0 bridgehead atoms. The highest BCUT2D eigenvalue weighted by Crippen LogP contribution is 2.18. The highest BCUT2D eigenvalue weighted by molar-refractivity contribution is 5.55. The molecule has 0 aliphatic carbocycles. The second kappa shape index (κ2) is 5.65. The van der Waals surface area contributed by atoms with Crippen LogP contribution in [0.1, 0.15) is 24.0 Å². The van der Waals surface area contributed by atoms with E-state index in [1.807, 2.05) is 13.0 Å². The van der Waals surface area contributed by atoms with E-state index >= 15 is 0 Å². The van der Waals surface area contributed by atoms with Crippen LogP contribution in [0.5, 0.6) is 0 Å². The Labute approximate surface area is 102 Å². The standard InChI is InChI=1S/C13H17N3O/c1-10-2-5-15-13(12(10)8-14)16-9-11-3-6-17-7-4-11/h2,5,11H,3-4,6-7,9H2,1H3,(H,15,16). The SMILES string of the molecule is Cc1ccnc(NCC2CCOCC2)c1C#N. The van der Waals surface area contributed by atoms with Crippen molar-refractivity contribution in [2.75, 3.05) is 25.1 Å². The number of nitrogens with one attached hydrogen (secondary N) is 1. The third kappa shape index (κ3) is 2.95. The Morgan fingerprint density at radius 2 is 2.29 bits per heavy atom. The summed E-state index contributed by atoms with van der Waals surface area (Å²) in [5.74, 6) is 1.33. The minimum atomic E-state index is 0.623. The lowest BCUT2D eigenvalue weighted by Gasteiger charge is -2.22. The Kier molecular flexibility index (Phi) is 3.94. The predicted octanol–water partition coefficient (Wildman–Crippen LogP) is 2.10. The molecule has 0 radical (unpaired) electrons. The summed E-state index contributed by atoms with van der Waals surface area (Å²) in [7, 11) is 0. The Morgan fingerprint density at radius 1 is 1.53 bits per heavy atom. The van der Waals surface area contributed by atoms with Gasteiger partial charge >= 0.3 is 0 Å². The summed E-state index contributed by atoms with van der Waals surface area (Å²) in [5.41, 5.74) is 1.62. The fourth-order valence-corrected chi connectivity index (χ4v) is 2.02. The van der Waals surface area contributed by atoms with Gasteiger partial charge in [0.25, 0.3) is 0 Å². The largest absolute Gasteiger partial charge is 0.381 e. The van der Waals surface area contributed by atoms with Gasteiger partial charge in [-0.1, -0.05) is 0 Å². The molecular weight excluding hydrogens is 214 g/mol. The van der Waals surface area contributed by atoms with Gasteiger partial charge in [0.1, 0.15) is 11.9 Å². The number of anilines is 1. The van der Waals surface area contributed by atoms with Crippen LogP contribution in [0.3, 0.4) is 0 Å². The van der Waals surface area contributed by atoms with Crippen LogP contribution in [0.15, 0.2) is 12.3 Å². The van der Waals surface area contributed by atoms with E-state index < -0.39 is 0 Å². The van der Waals surface area contributed by atoms with E-state index in [9.17, 15) is 0 Å². The Bertz CT molecular complexity index is 419. The minimum Gasteiger partial charge on any atom is -0.381 e. The van der Waals surface area contributed by atoms with Crippen molar-refractivity contribution in [1.29, 1.82) is 5.26 Å². The van der Waals surface area contributed by atoms with Gasteiger partial charge in [-0.3, -0.25) is 0 Å². The van der Waals surface area contributed by atoms with E-state index in [4.69, 9.17) is 10.00 Å². The Hall–Kier alpha value is -1.60. The average Bonchev–Trinajstić information content (AvgIpc) is 2.37. The van der Waals surface area contributed by atoms with Crippen LogP contribution in [0.25, 0.3) is 0 Å².